The fourth-order valence-electron chi connectivity index (χ4n) is 3.17. The molecule has 0 spiro atoms. The van der Waals surface area contributed by atoms with Crippen molar-refractivity contribution in [2.75, 3.05) is 13.7 Å². The second kappa shape index (κ2) is 7.85. The lowest BCUT2D eigenvalue weighted by molar-refractivity contribution is -0.134. The number of hydrogen-bond donors (Lipinski definition) is 0. The lowest BCUT2D eigenvalue weighted by atomic mass is 10.0. The van der Waals surface area contributed by atoms with Crippen LogP contribution in [0.5, 0.6) is 0 Å². The summed E-state index contributed by atoms with van der Waals surface area (Å²) in [7, 11) is 1.33. The van der Waals surface area contributed by atoms with Crippen LogP contribution in [-0.2, 0) is 16.1 Å². The summed E-state index contributed by atoms with van der Waals surface area (Å²) in [5, 5.41) is 0. The van der Waals surface area contributed by atoms with Gasteiger partial charge in [-0.2, -0.15) is 0 Å². The first kappa shape index (κ1) is 20.9. The predicted octanol–water partition coefficient (Wildman–Crippen LogP) is 3.13. The van der Waals surface area contributed by atoms with Crippen LogP contribution in [0.1, 0.15) is 73.1 Å². The average molecular weight is 350 g/mol. The third-order valence-corrected chi connectivity index (χ3v) is 4.46. The van der Waals surface area contributed by atoms with E-state index in [4.69, 9.17) is 4.74 Å². The number of Topliss-reactive ketones (excluding diaryl/α,β-unsaturated/α-hetero) is 1. The fraction of sp³-hybridized carbons (Fsp3) is 0.632. The van der Waals surface area contributed by atoms with Gasteiger partial charge in [-0.15, -0.1) is 0 Å². The van der Waals surface area contributed by atoms with Crippen LogP contribution in [0.2, 0.25) is 0 Å². The van der Waals surface area contributed by atoms with Gasteiger partial charge in [0.05, 0.1) is 13.7 Å². The predicted molar refractivity (Wildman–Crippen MR) is 97.0 cm³/mol. The van der Waals surface area contributed by atoms with Crippen molar-refractivity contribution < 1.29 is 19.1 Å². The molecule has 1 rings (SSSR count). The van der Waals surface area contributed by atoms with Crippen LogP contribution in [0.25, 0.3) is 0 Å². The minimum absolute atomic E-state index is 0.00774. The first-order valence-corrected chi connectivity index (χ1v) is 8.62. The van der Waals surface area contributed by atoms with E-state index >= 15 is 0 Å². The molecule has 1 aromatic heterocycles. The van der Waals surface area contributed by atoms with E-state index in [1.807, 2.05) is 34.6 Å². The SMILES string of the molecule is CCC(=O)N(CC(=O)c1c(C)c(C(=O)OC)n(CC)c1C)C(C)(C)C. The number of rotatable bonds is 6. The van der Waals surface area contributed by atoms with Gasteiger partial charge in [0.1, 0.15) is 5.69 Å². The third kappa shape index (κ3) is 4.11. The van der Waals surface area contributed by atoms with Crippen molar-refractivity contribution in [2.45, 2.75) is 67.0 Å². The zero-order chi connectivity index (χ0) is 19.5. The molecule has 0 fully saturated rings. The Labute approximate surface area is 150 Å². The van der Waals surface area contributed by atoms with Crippen molar-refractivity contribution in [3.05, 3.63) is 22.5 Å². The lowest BCUT2D eigenvalue weighted by Gasteiger charge is -2.35. The molecular weight excluding hydrogens is 320 g/mol. The summed E-state index contributed by atoms with van der Waals surface area (Å²) in [4.78, 5) is 39.0. The molecule has 140 valence electrons. The molecule has 0 aromatic carbocycles. The summed E-state index contributed by atoms with van der Waals surface area (Å²) >= 11 is 0. The zero-order valence-corrected chi connectivity index (χ0v) is 16.6. The molecular formula is C19H30N2O4. The van der Waals surface area contributed by atoms with Gasteiger partial charge in [-0.1, -0.05) is 6.92 Å². The van der Waals surface area contributed by atoms with Crippen molar-refractivity contribution >= 4 is 17.7 Å². The van der Waals surface area contributed by atoms with Crippen LogP contribution in [0, 0.1) is 13.8 Å². The Balaban J connectivity index is 3.37. The van der Waals surface area contributed by atoms with Crippen LogP contribution in [0.15, 0.2) is 0 Å². The van der Waals surface area contributed by atoms with Crippen molar-refractivity contribution in [3.8, 4) is 0 Å². The summed E-state index contributed by atoms with van der Waals surface area (Å²) in [5.74, 6) is -0.692. The highest BCUT2D eigenvalue weighted by molar-refractivity contribution is 6.04. The Morgan fingerprint density at radius 1 is 1.12 bits per heavy atom. The van der Waals surface area contributed by atoms with Crippen LogP contribution in [-0.4, -0.2) is 46.3 Å². The molecule has 1 amide bonds. The van der Waals surface area contributed by atoms with E-state index in [2.05, 4.69) is 0 Å². The Hall–Kier alpha value is -2.11. The number of aromatic nitrogens is 1. The summed E-state index contributed by atoms with van der Waals surface area (Å²) in [6.45, 7) is 13.5. The Kier molecular flexibility index (Phi) is 6.57. The molecule has 25 heavy (non-hydrogen) atoms. The average Bonchev–Trinajstić information content (AvgIpc) is 2.79. The lowest BCUT2D eigenvalue weighted by Crippen LogP contribution is -2.48. The highest BCUT2D eigenvalue weighted by Gasteiger charge is 2.31. The Morgan fingerprint density at radius 2 is 1.68 bits per heavy atom. The molecule has 1 heterocycles. The second-order valence-electron chi connectivity index (χ2n) is 7.10. The molecule has 1 aromatic rings. The number of hydrogen-bond acceptors (Lipinski definition) is 4. The minimum atomic E-state index is -0.459. The van der Waals surface area contributed by atoms with Crippen molar-refractivity contribution in [1.82, 2.24) is 9.47 Å². The van der Waals surface area contributed by atoms with Gasteiger partial charge in [0, 0.05) is 29.8 Å². The van der Waals surface area contributed by atoms with Gasteiger partial charge in [-0.25, -0.2) is 4.79 Å². The van der Waals surface area contributed by atoms with Gasteiger partial charge in [0.25, 0.3) is 0 Å². The number of methoxy groups -OCH3 is 1. The Morgan fingerprint density at radius 3 is 2.08 bits per heavy atom. The van der Waals surface area contributed by atoms with Gasteiger partial charge in [-0.05, 0) is 47.1 Å². The van der Waals surface area contributed by atoms with Gasteiger partial charge in [0.15, 0.2) is 5.78 Å². The van der Waals surface area contributed by atoms with Crippen molar-refractivity contribution in [1.29, 1.82) is 0 Å². The molecule has 6 nitrogen and oxygen atoms in total. The molecule has 0 saturated carbocycles. The molecule has 0 aliphatic rings. The number of ether oxygens (including phenoxy) is 1. The monoisotopic (exact) mass is 350 g/mol. The van der Waals surface area contributed by atoms with Crippen molar-refractivity contribution in [2.24, 2.45) is 0 Å². The normalized spacial score (nSPS) is 11.4. The molecule has 0 aliphatic carbocycles. The Bertz CT molecular complexity index is 681. The number of carbonyl (C=O) groups is 3. The number of ketones is 1. The topological polar surface area (TPSA) is 68.6 Å². The summed E-state index contributed by atoms with van der Waals surface area (Å²) in [5.41, 5.74) is 1.77. The van der Waals surface area contributed by atoms with E-state index in [0.29, 0.717) is 29.8 Å². The summed E-state index contributed by atoms with van der Waals surface area (Å²) < 4.78 is 6.65. The molecule has 0 N–H and O–H groups in total. The molecule has 0 atom stereocenters. The molecule has 0 unspecified atom stereocenters. The van der Waals surface area contributed by atoms with Crippen LogP contribution in [0.3, 0.4) is 0 Å². The molecule has 0 bridgehead atoms. The van der Waals surface area contributed by atoms with Crippen LogP contribution >= 0.6 is 0 Å². The van der Waals surface area contributed by atoms with Gasteiger partial charge in [-0.3, -0.25) is 9.59 Å². The summed E-state index contributed by atoms with van der Waals surface area (Å²) in [6, 6.07) is 0. The van der Waals surface area contributed by atoms with Crippen LogP contribution < -0.4 is 0 Å². The highest BCUT2D eigenvalue weighted by Crippen LogP contribution is 2.25. The van der Waals surface area contributed by atoms with Crippen molar-refractivity contribution in [3.63, 3.8) is 0 Å². The van der Waals surface area contributed by atoms with E-state index in [1.165, 1.54) is 7.11 Å². The van der Waals surface area contributed by atoms with E-state index in [-0.39, 0.29) is 18.2 Å². The van der Waals surface area contributed by atoms with E-state index in [1.54, 1.807) is 23.3 Å². The first-order valence-electron chi connectivity index (χ1n) is 8.62. The smallest absolute Gasteiger partial charge is 0.354 e. The third-order valence-electron chi connectivity index (χ3n) is 4.46. The summed E-state index contributed by atoms with van der Waals surface area (Å²) in [6.07, 6.45) is 0.339. The molecule has 0 aliphatic heterocycles. The maximum absolute atomic E-state index is 13.0. The number of amides is 1. The zero-order valence-electron chi connectivity index (χ0n) is 16.6. The quantitative estimate of drug-likeness (QED) is 0.584. The molecule has 6 heteroatoms. The second-order valence-corrected chi connectivity index (χ2v) is 7.10. The number of carbonyl (C=O) groups excluding carboxylic acids is 3. The highest BCUT2D eigenvalue weighted by atomic mass is 16.5. The first-order chi connectivity index (χ1) is 11.5. The minimum Gasteiger partial charge on any atom is -0.464 e. The van der Waals surface area contributed by atoms with Crippen LogP contribution in [0.4, 0.5) is 0 Å². The number of esters is 1. The maximum atomic E-state index is 13.0. The molecule has 0 saturated heterocycles. The maximum Gasteiger partial charge on any atom is 0.354 e. The van der Waals surface area contributed by atoms with E-state index in [0.717, 1.165) is 5.69 Å². The van der Waals surface area contributed by atoms with Gasteiger partial charge in [0.2, 0.25) is 5.91 Å². The number of nitrogens with zero attached hydrogens (tertiary/aromatic N) is 2. The van der Waals surface area contributed by atoms with Gasteiger partial charge < -0.3 is 14.2 Å². The van der Waals surface area contributed by atoms with E-state index in [9.17, 15) is 14.4 Å². The standard InChI is InChI=1S/C19H30N2O4/c1-9-15(23)21(19(5,6)7)11-14(22)16-12(3)17(18(24)25-8)20(10-2)13(16)4/h9-11H2,1-8H3. The molecule has 0 radical (unpaired) electrons. The van der Waals surface area contributed by atoms with E-state index < -0.39 is 11.5 Å². The largest absolute Gasteiger partial charge is 0.464 e. The fourth-order valence-corrected chi connectivity index (χ4v) is 3.17. The van der Waals surface area contributed by atoms with Gasteiger partial charge >= 0.3 is 5.97 Å².